The predicted molar refractivity (Wildman–Crippen MR) is 59.2 cm³/mol. The number of nitrogens with zero attached hydrogens (tertiary/aromatic N) is 3. The van der Waals surface area contributed by atoms with Crippen molar-refractivity contribution >= 4 is 17.1 Å². The molecule has 0 amide bonds. The van der Waals surface area contributed by atoms with E-state index in [4.69, 9.17) is 10.2 Å². The van der Waals surface area contributed by atoms with E-state index in [9.17, 15) is 4.79 Å². The number of nitrogens with one attached hydrogen (secondary N) is 2. The lowest BCUT2D eigenvalue weighted by atomic mass is 10.3. The van der Waals surface area contributed by atoms with Gasteiger partial charge in [-0.3, -0.25) is 9.78 Å². The molecule has 3 aromatic rings. The molecular weight excluding hydrogens is 224 g/mol. The first-order chi connectivity index (χ1) is 8.15. The Labute approximate surface area is 93.9 Å². The van der Waals surface area contributed by atoms with E-state index in [1.54, 1.807) is 6.92 Å². The average molecular weight is 232 g/mol. The van der Waals surface area contributed by atoms with Gasteiger partial charge in [0.25, 0.3) is 5.56 Å². The lowest BCUT2D eigenvalue weighted by Gasteiger charge is -1.89. The number of nitrogens with two attached hydrogens (primary N) is 1. The van der Waals surface area contributed by atoms with E-state index in [0.29, 0.717) is 17.3 Å². The number of aryl methyl sites for hydroxylation is 1. The summed E-state index contributed by atoms with van der Waals surface area (Å²) < 4.78 is 5.17. The zero-order valence-corrected chi connectivity index (χ0v) is 8.81. The largest absolute Gasteiger partial charge is 0.440 e. The molecule has 3 aromatic heterocycles. The van der Waals surface area contributed by atoms with Crippen LogP contribution in [-0.2, 0) is 0 Å². The summed E-state index contributed by atoms with van der Waals surface area (Å²) in [5.74, 6) is 0.898. The molecule has 3 rings (SSSR count). The van der Waals surface area contributed by atoms with E-state index in [-0.39, 0.29) is 22.7 Å². The molecule has 8 heteroatoms. The van der Waals surface area contributed by atoms with Gasteiger partial charge in [-0.2, -0.15) is 4.98 Å². The minimum atomic E-state index is -0.372. The van der Waals surface area contributed by atoms with E-state index < -0.39 is 0 Å². The van der Waals surface area contributed by atoms with Gasteiger partial charge in [0.1, 0.15) is 0 Å². The molecule has 0 aliphatic carbocycles. The van der Waals surface area contributed by atoms with Crippen molar-refractivity contribution < 1.29 is 4.42 Å². The molecule has 0 fully saturated rings. The number of fused-ring (bicyclic) bond motifs is 1. The van der Waals surface area contributed by atoms with Crippen molar-refractivity contribution in [3.05, 3.63) is 22.4 Å². The third kappa shape index (κ3) is 1.38. The molecule has 17 heavy (non-hydrogen) atoms. The molecule has 0 aliphatic heterocycles. The van der Waals surface area contributed by atoms with Crippen LogP contribution in [0.3, 0.4) is 0 Å². The van der Waals surface area contributed by atoms with E-state index in [1.807, 2.05) is 0 Å². The summed E-state index contributed by atoms with van der Waals surface area (Å²) in [5, 5.41) is 0. The number of aromatic nitrogens is 5. The topological polar surface area (TPSA) is 126 Å². The Morgan fingerprint density at radius 3 is 2.88 bits per heavy atom. The number of H-pyrrole nitrogens is 2. The molecule has 0 radical (unpaired) electrons. The number of rotatable bonds is 1. The minimum Gasteiger partial charge on any atom is -0.440 e. The van der Waals surface area contributed by atoms with Crippen molar-refractivity contribution in [3.63, 3.8) is 0 Å². The molecule has 0 aliphatic rings. The maximum absolute atomic E-state index is 11.6. The highest BCUT2D eigenvalue weighted by atomic mass is 16.3. The van der Waals surface area contributed by atoms with E-state index in [1.165, 1.54) is 6.39 Å². The third-order valence-corrected chi connectivity index (χ3v) is 2.34. The van der Waals surface area contributed by atoms with E-state index in [0.717, 1.165) is 0 Å². The lowest BCUT2D eigenvalue weighted by molar-refractivity contribution is 0.567. The van der Waals surface area contributed by atoms with Gasteiger partial charge >= 0.3 is 0 Å². The number of aromatic amines is 2. The van der Waals surface area contributed by atoms with Gasteiger partial charge in [0.2, 0.25) is 5.95 Å². The maximum atomic E-state index is 11.6. The summed E-state index contributed by atoms with van der Waals surface area (Å²) in [7, 11) is 0. The third-order valence-electron chi connectivity index (χ3n) is 2.34. The van der Waals surface area contributed by atoms with Crippen molar-refractivity contribution in [2.45, 2.75) is 6.92 Å². The van der Waals surface area contributed by atoms with Crippen molar-refractivity contribution in [1.29, 1.82) is 0 Å². The van der Waals surface area contributed by atoms with Gasteiger partial charge in [0.15, 0.2) is 29.1 Å². The van der Waals surface area contributed by atoms with Crippen molar-refractivity contribution in [2.75, 3.05) is 5.73 Å². The van der Waals surface area contributed by atoms with Gasteiger partial charge in [0, 0.05) is 0 Å². The van der Waals surface area contributed by atoms with E-state index in [2.05, 4.69) is 24.9 Å². The first-order valence-electron chi connectivity index (χ1n) is 4.81. The fraction of sp³-hybridized carbons (Fsp3) is 0.111. The van der Waals surface area contributed by atoms with Crippen molar-refractivity contribution in [1.82, 2.24) is 24.9 Å². The number of anilines is 1. The minimum absolute atomic E-state index is 0.0230. The Morgan fingerprint density at radius 1 is 1.35 bits per heavy atom. The number of hydrogen-bond donors (Lipinski definition) is 3. The first kappa shape index (κ1) is 9.58. The smallest absolute Gasteiger partial charge is 0.278 e. The zero-order valence-electron chi connectivity index (χ0n) is 8.81. The highest BCUT2D eigenvalue weighted by Crippen LogP contribution is 2.20. The highest BCUT2D eigenvalue weighted by molar-refractivity contribution is 5.74. The Balaban J connectivity index is 2.31. The molecule has 8 nitrogen and oxygen atoms in total. The molecule has 0 unspecified atom stereocenters. The quantitative estimate of drug-likeness (QED) is 0.549. The molecule has 0 bridgehead atoms. The van der Waals surface area contributed by atoms with Gasteiger partial charge in [-0.05, 0) is 6.92 Å². The van der Waals surface area contributed by atoms with Crippen LogP contribution in [0, 0.1) is 6.92 Å². The van der Waals surface area contributed by atoms with Crippen LogP contribution in [0.5, 0.6) is 0 Å². The van der Waals surface area contributed by atoms with Gasteiger partial charge < -0.3 is 15.1 Å². The second-order valence-corrected chi connectivity index (χ2v) is 3.50. The standard InChI is InChI=1S/C9H8N6O2/c1-3-5(17-2-11-3)7-12-4-6(13-7)14-9(10)15-8(4)16/h2H,1H3,(H4,10,12,13,14,15,16). The maximum Gasteiger partial charge on any atom is 0.278 e. The monoisotopic (exact) mass is 232 g/mol. The molecule has 0 atom stereocenters. The van der Waals surface area contributed by atoms with Crippen LogP contribution < -0.4 is 11.3 Å². The molecule has 0 spiro atoms. The van der Waals surface area contributed by atoms with Gasteiger partial charge in [-0.15, -0.1) is 0 Å². The number of nitrogen functional groups attached to an aromatic ring is 1. The SMILES string of the molecule is Cc1ncoc1-c1nc2nc(N)[nH]c(=O)c2[nH]1. The second kappa shape index (κ2) is 3.17. The summed E-state index contributed by atoms with van der Waals surface area (Å²) in [4.78, 5) is 28.8. The van der Waals surface area contributed by atoms with Crippen molar-refractivity contribution in [2.24, 2.45) is 0 Å². The average Bonchev–Trinajstić information content (AvgIpc) is 2.83. The number of hydrogen-bond acceptors (Lipinski definition) is 6. The van der Waals surface area contributed by atoms with Crippen molar-refractivity contribution in [3.8, 4) is 11.6 Å². The van der Waals surface area contributed by atoms with Crippen LogP contribution >= 0.6 is 0 Å². The second-order valence-electron chi connectivity index (χ2n) is 3.50. The molecule has 0 saturated heterocycles. The molecule has 0 saturated carbocycles. The zero-order chi connectivity index (χ0) is 12.0. The van der Waals surface area contributed by atoms with Crippen LogP contribution in [0.15, 0.2) is 15.6 Å². The first-order valence-corrected chi connectivity index (χ1v) is 4.81. The van der Waals surface area contributed by atoms with Crippen LogP contribution in [0.25, 0.3) is 22.7 Å². The molecule has 86 valence electrons. The lowest BCUT2D eigenvalue weighted by Crippen LogP contribution is -2.10. The Hall–Kier alpha value is -2.64. The number of oxazole rings is 1. The normalized spacial score (nSPS) is 11.1. The summed E-state index contributed by atoms with van der Waals surface area (Å²) in [5.41, 5.74) is 6.23. The molecule has 3 heterocycles. The van der Waals surface area contributed by atoms with Gasteiger partial charge in [0.05, 0.1) is 5.69 Å². The van der Waals surface area contributed by atoms with E-state index >= 15 is 0 Å². The summed E-state index contributed by atoms with van der Waals surface area (Å²) >= 11 is 0. The van der Waals surface area contributed by atoms with Crippen LogP contribution in [0.2, 0.25) is 0 Å². The fourth-order valence-corrected chi connectivity index (χ4v) is 1.56. The molecule has 4 N–H and O–H groups in total. The van der Waals surface area contributed by atoms with Gasteiger partial charge in [-0.25, -0.2) is 9.97 Å². The summed E-state index contributed by atoms with van der Waals surface area (Å²) in [6, 6.07) is 0. The fourth-order valence-electron chi connectivity index (χ4n) is 1.56. The Bertz CT molecular complexity index is 752. The van der Waals surface area contributed by atoms with Gasteiger partial charge in [-0.1, -0.05) is 0 Å². The predicted octanol–water partition coefficient (Wildman–Crippen LogP) is 0.192. The molecule has 0 aromatic carbocycles. The van der Waals surface area contributed by atoms with Crippen LogP contribution in [0.1, 0.15) is 5.69 Å². The Morgan fingerprint density at radius 2 is 2.18 bits per heavy atom. The Kier molecular flexibility index (Phi) is 1.79. The summed E-state index contributed by atoms with van der Waals surface area (Å²) in [6.45, 7) is 1.78. The van der Waals surface area contributed by atoms with Crippen LogP contribution in [-0.4, -0.2) is 24.9 Å². The molecular formula is C9H8N6O2. The number of imidazole rings is 1. The van der Waals surface area contributed by atoms with Crippen LogP contribution in [0.4, 0.5) is 5.95 Å². The summed E-state index contributed by atoms with van der Waals surface area (Å²) in [6.07, 6.45) is 1.31. The highest BCUT2D eigenvalue weighted by Gasteiger charge is 2.14.